The van der Waals surface area contributed by atoms with Crippen LogP contribution in [0.25, 0.3) is 0 Å². The Labute approximate surface area is 173 Å². The Bertz CT molecular complexity index is 1020. The van der Waals surface area contributed by atoms with Crippen LogP contribution >= 0.6 is 39.1 Å². The molecule has 0 saturated carbocycles. The van der Waals surface area contributed by atoms with E-state index in [0.717, 1.165) is 15.6 Å². The monoisotopic (exact) mass is 466 g/mol. The molecule has 9 heteroatoms. The summed E-state index contributed by atoms with van der Waals surface area (Å²) in [6.45, 7) is 0.313. The highest BCUT2D eigenvalue weighted by molar-refractivity contribution is 9.10. The molecule has 1 aliphatic rings. The Hall–Kier alpha value is -2.09. The van der Waals surface area contributed by atoms with Crippen LogP contribution in [0.5, 0.6) is 5.75 Å². The molecule has 138 valence electrons. The Morgan fingerprint density at radius 1 is 1.26 bits per heavy atom. The number of ether oxygens (including phenoxy) is 1. The molecule has 27 heavy (non-hydrogen) atoms. The van der Waals surface area contributed by atoms with Gasteiger partial charge in [0.15, 0.2) is 0 Å². The van der Waals surface area contributed by atoms with Crippen molar-refractivity contribution in [2.24, 2.45) is 0 Å². The first-order chi connectivity index (χ1) is 13.0. The van der Waals surface area contributed by atoms with Crippen LogP contribution in [-0.4, -0.2) is 20.7 Å². The number of benzene rings is 2. The van der Waals surface area contributed by atoms with E-state index in [1.165, 1.54) is 6.33 Å². The maximum atomic E-state index is 11.9. The summed E-state index contributed by atoms with van der Waals surface area (Å²) in [7, 11) is 0. The summed E-state index contributed by atoms with van der Waals surface area (Å²) in [5, 5.41) is 8.06. The molecule has 4 rings (SSSR count). The molecular weight excluding hydrogens is 455 g/mol. The van der Waals surface area contributed by atoms with E-state index >= 15 is 0 Å². The summed E-state index contributed by atoms with van der Waals surface area (Å²) in [6.07, 6.45) is 1.72. The molecule has 1 amide bonds. The lowest BCUT2D eigenvalue weighted by Crippen LogP contribution is -2.29. The average Bonchev–Trinajstić information content (AvgIpc) is 3.09. The van der Waals surface area contributed by atoms with Crippen molar-refractivity contribution in [3.05, 3.63) is 68.4 Å². The van der Waals surface area contributed by atoms with Crippen LogP contribution in [0.2, 0.25) is 10.0 Å². The number of hydrogen-bond acceptors (Lipinski definition) is 4. The highest BCUT2D eigenvalue weighted by atomic mass is 79.9. The third kappa shape index (κ3) is 3.81. The quantitative estimate of drug-likeness (QED) is 0.594. The van der Waals surface area contributed by atoms with Gasteiger partial charge < -0.3 is 4.74 Å². The molecule has 0 spiro atoms. The van der Waals surface area contributed by atoms with Crippen LogP contribution in [0.15, 0.2) is 47.2 Å². The van der Waals surface area contributed by atoms with Gasteiger partial charge in [0.2, 0.25) is 11.9 Å². The predicted octanol–water partition coefficient (Wildman–Crippen LogP) is 4.86. The molecule has 1 N–H and O–H groups in total. The Kier molecular flexibility index (Phi) is 5.08. The molecule has 0 unspecified atom stereocenters. The lowest BCUT2D eigenvalue weighted by molar-refractivity contribution is -0.117. The largest absolute Gasteiger partial charge is 0.488 e. The minimum atomic E-state index is -0.215. The summed E-state index contributed by atoms with van der Waals surface area (Å²) in [6, 6.07) is 10.8. The molecule has 0 aliphatic carbocycles. The van der Waals surface area contributed by atoms with Gasteiger partial charge in [-0.1, -0.05) is 35.3 Å². The van der Waals surface area contributed by atoms with Crippen LogP contribution in [0.4, 0.5) is 5.95 Å². The topological polar surface area (TPSA) is 69.0 Å². The third-order valence-corrected chi connectivity index (χ3v) is 5.44. The number of halogens is 3. The Morgan fingerprint density at radius 2 is 2.11 bits per heavy atom. The summed E-state index contributed by atoms with van der Waals surface area (Å²) < 4.78 is 8.35. The van der Waals surface area contributed by atoms with Gasteiger partial charge in [-0.25, -0.2) is 4.68 Å². The van der Waals surface area contributed by atoms with Crippen molar-refractivity contribution in [2.45, 2.75) is 19.1 Å². The van der Waals surface area contributed by atoms with Gasteiger partial charge in [0, 0.05) is 15.6 Å². The van der Waals surface area contributed by atoms with E-state index in [1.54, 1.807) is 16.8 Å². The van der Waals surface area contributed by atoms with Crippen molar-refractivity contribution < 1.29 is 9.53 Å². The molecule has 1 aromatic heterocycles. The first kappa shape index (κ1) is 18.3. The van der Waals surface area contributed by atoms with E-state index in [9.17, 15) is 4.79 Å². The van der Waals surface area contributed by atoms with Gasteiger partial charge in [0.1, 0.15) is 18.7 Å². The fourth-order valence-electron chi connectivity index (χ4n) is 2.90. The summed E-state index contributed by atoms with van der Waals surface area (Å²) in [5.74, 6) is 1.03. The number of carbonyl (C=O) groups is 1. The van der Waals surface area contributed by atoms with Crippen molar-refractivity contribution in [2.75, 3.05) is 5.32 Å². The molecule has 0 bridgehead atoms. The number of aromatic nitrogens is 3. The van der Waals surface area contributed by atoms with Gasteiger partial charge in [0.25, 0.3) is 0 Å². The zero-order valence-corrected chi connectivity index (χ0v) is 16.9. The van der Waals surface area contributed by atoms with Crippen LogP contribution in [-0.2, 0) is 11.4 Å². The maximum absolute atomic E-state index is 11.9. The minimum absolute atomic E-state index is 0.0886. The molecule has 3 aromatic rings. The zero-order valence-electron chi connectivity index (χ0n) is 13.8. The number of fused-ring (bicyclic) bond motifs is 1. The number of carbonyl (C=O) groups excluding carboxylic acids is 1. The van der Waals surface area contributed by atoms with E-state index in [1.807, 2.05) is 24.3 Å². The molecular formula is C18H13BrCl2N4O2. The van der Waals surface area contributed by atoms with Crippen molar-refractivity contribution in [1.29, 1.82) is 0 Å². The number of nitrogens with one attached hydrogen (secondary N) is 1. The molecule has 6 nitrogen and oxygen atoms in total. The van der Waals surface area contributed by atoms with Gasteiger partial charge in [-0.2, -0.15) is 10.1 Å². The molecule has 1 aliphatic heterocycles. The average molecular weight is 468 g/mol. The van der Waals surface area contributed by atoms with Gasteiger partial charge in [-0.05, 0) is 45.8 Å². The second kappa shape index (κ2) is 7.50. The normalized spacial score (nSPS) is 16.0. The van der Waals surface area contributed by atoms with E-state index in [0.29, 0.717) is 34.8 Å². The predicted molar refractivity (Wildman–Crippen MR) is 106 cm³/mol. The van der Waals surface area contributed by atoms with Crippen molar-refractivity contribution >= 4 is 51.0 Å². The number of anilines is 1. The van der Waals surface area contributed by atoms with Crippen LogP contribution < -0.4 is 10.1 Å². The smallest absolute Gasteiger partial charge is 0.229 e. The van der Waals surface area contributed by atoms with Crippen molar-refractivity contribution in [3.63, 3.8) is 0 Å². The fraction of sp³-hybridized carbons (Fsp3) is 0.167. The number of amides is 1. The van der Waals surface area contributed by atoms with Crippen LogP contribution in [0, 0.1) is 0 Å². The molecule has 2 aromatic carbocycles. The molecule has 1 atom stereocenters. The number of rotatable bonds is 4. The lowest BCUT2D eigenvalue weighted by atomic mass is 10.0. The number of nitrogens with zero attached hydrogens (tertiary/aromatic N) is 3. The zero-order chi connectivity index (χ0) is 19.0. The van der Waals surface area contributed by atoms with Gasteiger partial charge in [0.05, 0.1) is 16.9 Å². The maximum Gasteiger partial charge on any atom is 0.229 e. The minimum Gasteiger partial charge on any atom is -0.488 e. The molecule has 2 heterocycles. The Morgan fingerprint density at radius 3 is 2.89 bits per heavy atom. The Balaban J connectivity index is 1.54. The second-order valence-electron chi connectivity index (χ2n) is 6.01. The standard InChI is InChI=1S/C18H13BrCl2N4O2/c19-13-5-10(15-7-17(26)24-18-22-9-23-25(15)18)2-4-16(13)27-8-11-1-3-12(20)6-14(11)21/h1-6,9,15H,7-8H2,(H,22,23,24,26)/t15-/m1/s1. The van der Waals surface area contributed by atoms with E-state index < -0.39 is 0 Å². The molecule has 0 fully saturated rings. The van der Waals surface area contributed by atoms with E-state index in [-0.39, 0.29) is 11.9 Å². The SMILES string of the molecule is O=C1C[C@H](c2ccc(OCc3ccc(Cl)cc3Cl)c(Br)c2)n2ncnc2N1. The number of hydrogen-bond donors (Lipinski definition) is 1. The second-order valence-corrected chi connectivity index (χ2v) is 7.71. The lowest BCUT2D eigenvalue weighted by Gasteiger charge is -2.24. The molecule has 0 radical (unpaired) electrons. The van der Waals surface area contributed by atoms with Crippen LogP contribution in [0.1, 0.15) is 23.6 Å². The van der Waals surface area contributed by atoms with Gasteiger partial charge in [-0.3, -0.25) is 10.1 Å². The van der Waals surface area contributed by atoms with Gasteiger partial charge in [-0.15, -0.1) is 0 Å². The summed E-state index contributed by atoms with van der Waals surface area (Å²) >= 11 is 15.6. The van der Waals surface area contributed by atoms with Crippen molar-refractivity contribution in [3.8, 4) is 5.75 Å². The van der Waals surface area contributed by atoms with Crippen molar-refractivity contribution in [1.82, 2.24) is 14.8 Å². The van der Waals surface area contributed by atoms with E-state index in [2.05, 4.69) is 31.3 Å². The summed E-state index contributed by atoms with van der Waals surface area (Å²) in [4.78, 5) is 16.0. The fourth-order valence-corrected chi connectivity index (χ4v) is 3.87. The third-order valence-electron chi connectivity index (χ3n) is 4.24. The highest BCUT2D eigenvalue weighted by Crippen LogP contribution is 2.34. The van der Waals surface area contributed by atoms with Crippen LogP contribution in [0.3, 0.4) is 0 Å². The first-order valence-electron chi connectivity index (χ1n) is 8.07. The van der Waals surface area contributed by atoms with E-state index in [4.69, 9.17) is 27.9 Å². The summed E-state index contributed by atoms with van der Waals surface area (Å²) in [5.41, 5.74) is 1.77. The first-order valence-corrected chi connectivity index (χ1v) is 9.61. The highest BCUT2D eigenvalue weighted by Gasteiger charge is 2.28. The van der Waals surface area contributed by atoms with Gasteiger partial charge >= 0.3 is 0 Å². The molecule has 0 saturated heterocycles.